The summed E-state index contributed by atoms with van der Waals surface area (Å²) in [5, 5.41) is 4.99. The number of rotatable bonds is 4. The van der Waals surface area contributed by atoms with Gasteiger partial charge in [-0.2, -0.15) is 4.98 Å². The van der Waals surface area contributed by atoms with Crippen molar-refractivity contribution in [3.63, 3.8) is 0 Å². The van der Waals surface area contributed by atoms with Gasteiger partial charge < -0.3 is 13.8 Å². The zero-order chi connectivity index (χ0) is 20.7. The van der Waals surface area contributed by atoms with Crippen LogP contribution in [0, 0.1) is 13.8 Å². The van der Waals surface area contributed by atoms with Gasteiger partial charge in [-0.1, -0.05) is 17.3 Å². The highest BCUT2D eigenvalue weighted by Gasteiger charge is 2.31. The van der Waals surface area contributed by atoms with Crippen molar-refractivity contribution < 1.29 is 13.7 Å². The highest BCUT2D eigenvalue weighted by atomic mass is 16.5. The maximum atomic E-state index is 12.9. The number of nitrogens with zero attached hydrogens (tertiary/aromatic N) is 5. The van der Waals surface area contributed by atoms with E-state index in [2.05, 4.69) is 33.1 Å². The maximum absolute atomic E-state index is 12.9. The van der Waals surface area contributed by atoms with E-state index >= 15 is 0 Å². The van der Waals surface area contributed by atoms with Crippen LogP contribution >= 0.6 is 0 Å². The van der Waals surface area contributed by atoms with Gasteiger partial charge in [0.15, 0.2) is 0 Å². The van der Waals surface area contributed by atoms with Crippen molar-refractivity contribution in [1.82, 2.24) is 25.0 Å². The third kappa shape index (κ3) is 3.24. The third-order valence-corrected chi connectivity index (χ3v) is 5.78. The zero-order valence-corrected chi connectivity index (χ0v) is 16.8. The summed E-state index contributed by atoms with van der Waals surface area (Å²) in [7, 11) is 0. The summed E-state index contributed by atoms with van der Waals surface area (Å²) < 4.78 is 11.2. The summed E-state index contributed by atoms with van der Waals surface area (Å²) in [4.78, 5) is 27.5. The lowest BCUT2D eigenvalue weighted by Crippen LogP contribution is -2.29. The predicted octanol–water partition coefficient (Wildman–Crippen LogP) is 3.45. The van der Waals surface area contributed by atoms with Crippen LogP contribution in [0.5, 0.6) is 0 Å². The fourth-order valence-electron chi connectivity index (χ4n) is 3.89. The molecule has 1 aliphatic heterocycles. The molecule has 1 aliphatic rings. The SMILES string of the molecule is Cc1ccc2c(CC(=O)N3CCC(c4nc(-c5ncccn5)no4)C3)coc2c1C. The molecular weight excluding hydrogens is 382 g/mol. The Morgan fingerprint density at radius 1 is 1.20 bits per heavy atom. The molecule has 1 saturated heterocycles. The molecule has 0 N–H and O–H groups in total. The van der Waals surface area contributed by atoms with Crippen LogP contribution in [-0.4, -0.2) is 44.0 Å². The molecule has 0 bridgehead atoms. The van der Waals surface area contributed by atoms with Crippen molar-refractivity contribution in [2.45, 2.75) is 32.6 Å². The third-order valence-electron chi connectivity index (χ3n) is 5.78. The number of amides is 1. The molecule has 152 valence electrons. The van der Waals surface area contributed by atoms with E-state index in [1.54, 1.807) is 24.7 Å². The van der Waals surface area contributed by atoms with Crippen LogP contribution in [0.1, 0.15) is 34.9 Å². The molecule has 1 unspecified atom stereocenters. The minimum Gasteiger partial charge on any atom is -0.464 e. The molecule has 30 heavy (non-hydrogen) atoms. The maximum Gasteiger partial charge on any atom is 0.240 e. The van der Waals surface area contributed by atoms with E-state index in [4.69, 9.17) is 8.94 Å². The summed E-state index contributed by atoms with van der Waals surface area (Å²) in [6.07, 6.45) is 6.07. The van der Waals surface area contributed by atoms with Crippen LogP contribution in [-0.2, 0) is 11.2 Å². The first-order chi connectivity index (χ1) is 14.6. The lowest BCUT2D eigenvalue weighted by molar-refractivity contribution is -0.129. The summed E-state index contributed by atoms with van der Waals surface area (Å²) in [5.74, 6) is 1.41. The van der Waals surface area contributed by atoms with Gasteiger partial charge in [0.05, 0.1) is 18.6 Å². The Kier molecular flexibility index (Phi) is 4.54. The average molecular weight is 403 g/mol. The molecule has 4 heterocycles. The Bertz CT molecular complexity index is 1210. The smallest absolute Gasteiger partial charge is 0.240 e. The highest BCUT2D eigenvalue weighted by molar-refractivity contribution is 5.89. The topological polar surface area (TPSA) is 98.2 Å². The van der Waals surface area contributed by atoms with Crippen molar-refractivity contribution in [1.29, 1.82) is 0 Å². The minimum atomic E-state index is 0.0184. The number of aromatic nitrogens is 4. The number of fused-ring (bicyclic) bond motifs is 1. The van der Waals surface area contributed by atoms with Crippen molar-refractivity contribution in [2.75, 3.05) is 13.1 Å². The predicted molar refractivity (Wildman–Crippen MR) is 109 cm³/mol. The Morgan fingerprint density at radius 2 is 2.03 bits per heavy atom. The van der Waals surface area contributed by atoms with E-state index in [-0.39, 0.29) is 11.8 Å². The van der Waals surface area contributed by atoms with Gasteiger partial charge in [0.25, 0.3) is 0 Å². The van der Waals surface area contributed by atoms with Crippen LogP contribution in [0.2, 0.25) is 0 Å². The van der Waals surface area contributed by atoms with Crippen molar-refractivity contribution in [3.8, 4) is 11.6 Å². The fourth-order valence-corrected chi connectivity index (χ4v) is 3.89. The minimum absolute atomic E-state index is 0.0184. The van der Waals surface area contributed by atoms with Gasteiger partial charge in [0.1, 0.15) is 5.58 Å². The fraction of sp³-hybridized carbons (Fsp3) is 0.318. The summed E-state index contributed by atoms with van der Waals surface area (Å²) in [6, 6.07) is 5.83. The molecular formula is C22H21N5O3. The van der Waals surface area contributed by atoms with Crippen LogP contribution in [0.3, 0.4) is 0 Å². The van der Waals surface area contributed by atoms with Gasteiger partial charge in [-0.25, -0.2) is 9.97 Å². The number of hydrogen-bond donors (Lipinski definition) is 0. The van der Waals surface area contributed by atoms with Gasteiger partial charge in [-0.05, 0) is 37.5 Å². The van der Waals surface area contributed by atoms with Crippen LogP contribution in [0.15, 0.2) is 45.8 Å². The lowest BCUT2D eigenvalue weighted by Gasteiger charge is -2.15. The van der Waals surface area contributed by atoms with Gasteiger partial charge in [-0.3, -0.25) is 4.79 Å². The van der Waals surface area contributed by atoms with E-state index in [1.807, 2.05) is 17.9 Å². The van der Waals surface area contributed by atoms with Crippen molar-refractivity contribution in [2.24, 2.45) is 0 Å². The molecule has 4 aromatic rings. The number of likely N-dealkylation sites (tertiary alicyclic amines) is 1. The number of furan rings is 1. The second-order valence-electron chi connectivity index (χ2n) is 7.68. The molecule has 0 radical (unpaired) electrons. The molecule has 0 aliphatic carbocycles. The largest absolute Gasteiger partial charge is 0.464 e. The quantitative estimate of drug-likeness (QED) is 0.515. The van der Waals surface area contributed by atoms with E-state index in [9.17, 15) is 4.79 Å². The average Bonchev–Trinajstić information content (AvgIpc) is 3.51. The second-order valence-corrected chi connectivity index (χ2v) is 7.68. The Labute approximate surface area is 172 Å². The normalized spacial score (nSPS) is 16.5. The summed E-state index contributed by atoms with van der Waals surface area (Å²) in [6.45, 7) is 5.32. The second kappa shape index (κ2) is 7.37. The van der Waals surface area contributed by atoms with E-state index in [1.165, 1.54) is 5.56 Å². The number of carbonyl (C=O) groups is 1. The van der Waals surface area contributed by atoms with Gasteiger partial charge in [0, 0.05) is 36.4 Å². The number of benzene rings is 1. The molecule has 1 aromatic carbocycles. The van der Waals surface area contributed by atoms with Gasteiger partial charge in [-0.15, -0.1) is 0 Å². The molecule has 1 atom stereocenters. The number of hydrogen-bond acceptors (Lipinski definition) is 7. The monoisotopic (exact) mass is 403 g/mol. The Hall–Kier alpha value is -3.55. The molecule has 8 heteroatoms. The number of aryl methyl sites for hydroxylation is 2. The highest BCUT2D eigenvalue weighted by Crippen LogP contribution is 2.30. The Balaban J connectivity index is 1.28. The van der Waals surface area contributed by atoms with Gasteiger partial charge in [0.2, 0.25) is 23.4 Å². The number of carbonyl (C=O) groups excluding carboxylic acids is 1. The Morgan fingerprint density at radius 3 is 2.87 bits per heavy atom. The molecule has 1 amide bonds. The molecule has 0 spiro atoms. The molecule has 3 aromatic heterocycles. The molecule has 8 nitrogen and oxygen atoms in total. The van der Waals surface area contributed by atoms with Gasteiger partial charge >= 0.3 is 0 Å². The van der Waals surface area contributed by atoms with Crippen LogP contribution in [0.4, 0.5) is 0 Å². The summed E-state index contributed by atoms with van der Waals surface area (Å²) in [5.41, 5.74) is 4.07. The standard InChI is InChI=1S/C22H21N5O3/c1-13-4-5-17-16(12-29-19(17)14(13)2)10-18(28)27-9-6-15(11-27)22-25-21(26-30-22)20-23-7-3-8-24-20/h3-5,7-8,12,15H,6,9-11H2,1-2H3. The molecule has 1 fully saturated rings. The lowest BCUT2D eigenvalue weighted by atomic mass is 10.0. The van der Waals surface area contributed by atoms with E-state index in [0.717, 1.165) is 28.5 Å². The van der Waals surface area contributed by atoms with Crippen molar-refractivity contribution in [3.05, 3.63) is 59.4 Å². The van der Waals surface area contributed by atoms with E-state index in [0.29, 0.717) is 37.0 Å². The van der Waals surface area contributed by atoms with E-state index < -0.39 is 0 Å². The first-order valence-electron chi connectivity index (χ1n) is 9.95. The summed E-state index contributed by atoms with van der Waals surface area (Å²) >= 11 is 0. The van der Waals surface area contributed by atoms with Crippen LogP contribution < -0.4 is 0 Å². The first kappa shape index (κ1) is 18.5. The molecule has 0 saturated carbocycles. The van der Waals surface area contributed by atoms with Crippen LogP contribution in [0.25, 0.3) is 22.6 Å². The first-order valence-corrected chi connectivity index (χ1v) is 9.95. The molecule has 5 rings (SSSR count). The zero-order valence-electron chi connectivity index (χ0n) is 16.8. The van der Waals surface area contributed by atoms with Crippen molar-refractivity contribution >= 4 is 16.9 Å².